The molecular formula is C40H51N3O5. The number of hydrogen-bond acceptors (Lipinski definition) is 6. The van der Waals surface area contributed by atoms with Crippen molar-refractivity contribution in [1.29, 1.82) is 0 Å². The Balaban J connectivity index is 1.21. The molecule has 2 saturated heterocycles. The molecular weight excluding hydrogens is 602 g/mol. The molecule has 1 saturated carbocycles. The molecule has 8 nitrogen and oxygen atoms in total. The predicted octanol–water partition coefficient (Wildman–Crippen LogP) is 6.59. The Labute approximate surface area is 285 Å². The first-order valence-corrected chi connectivity index (χ1v) is 17.7. The van der Waals surface area contributed by atoms with E-state index in [0.717, 1.165) is 41.5 Å². The van der Waals surface area contributed by atoms with Gasteiger partial charge in [0.05, 0.1) is 24.9 Å². The van der Waals surface area contributed by atoms with E-state index in [1.807, 2.05) is 87.5 Å². The summed E-state index contributed by atoms with van der Waals surface area (Å²) in [5.41, 5.74) is 4.13. The summed E-state index contributed by atoms with van der Waals surface area (Å²) in [6.45, 7) is 7.21. The van der Waals surface area contributed by atoms with Crippen molar-refractivity contribution < 1.29 is 24.2 Å². The fourth-order valence-corrected chi connectivity index (χ4v) is 7.66. The Kier molecular flexibility index (Phi) is 11.0. The number of benzene rings is 3. The molecule has 0 spiro atoms. The number of aliphatic hydroxyl groups is 1. The zero-order valence-electron chi connectivity index (χ0n) is 28.6. The molecule has 2 amide bonds. The topological polar surface area (TPSA) is 100 Å². The maximum Gasteiger partial charge on any atom is 0.251 e. The number of ether oxygens (including phenoxy) is 2. The van der Waals surface area contributed by atoms with E-state index in [1.54, 1.807) is 12.1 Å². The lowest BCUT2D eigenvalue weighted by Gasteiger charge is -2.50. The minimum atomic E-state index is -0.590. The smallest absolute Gasteiger partial charge is 0.251 e. The van der Waals surface area contributed by atoms with E-state index >= 15 is 0 Å². The molecule has 3 N–H and O–H groups in total. The first kappa shape index (κ1) is 34.3. The van der Waals surface area contributed by atoms with Crippen molar-refractivity contribution in [2.24, 2.45) is 5.92 Å². The number of rotatable bonds is 9. The van der Waals surface area contributed by atoms with Crippen LogP contribution < -0.4 is 10.6 Å². The van der Waals surface area contributed by atoms with E-state index in [-0.39, 0.29) is 42.2 Å². The molecule has 3 fully saturated rings. The number of carbonyl (C=O) groups is 2. The van der Waals surface area contributed by atoms with Crippen LogP contribution in [-0.4, -0.2) is 52.1 Å². The summed E-state index contributed by atoms with van der Waals surface area (Å²) in [5, 5.41) is 15.9. The summed E-state index contributed by atoms with van der Waals surface area (Å²) in [6.07, 6.45) is 6.48. The molecule has 0 aromatic heterocycles. The molecule has 3 aromatic carbocycles. The second-order valence-corrected chi connectivity index (χ2v) is 14.8. The minimum Gasteiger partial charge on any atom is -0.392 e. The van der Waals surface area contributed by atoms with Gasteiger partial charge in [-0.2, -0.15) is 0 Å². The van der Waals surface area contributed by atoms with E-state index in [2.05, 4.69) is 15.5 Å². The zero-order chi connectivity index (χ0) is 33.7. The maximum absolute atomic E-state index is 13.7. The summed E-state index contributed by atoms with van der Waals surface area (Å²) >= 11 is 0. The van der Waals surface area contributed by atoms with Gasteiger partial charge in [-0.05, 0) is 81.2 Å². The molecule has 0 radical (unpaired) electrons. The van der Waals surface area contributed by atoms with Crippen LogP contribution in [0.15, 0.2) is 78.9 Å². The maximum atomic E-state index is 13.7. The molecule has 8 heteroatoms. The van der Waals surface area contributed by atoms with E-state index in [9.17, 15) is 14.7 Å². The molecule has 3 aliphatic rings. The molecule has 2 aliphatic heterocycles. The fourth-order valence-electron chi connectivity index (χ4n) is 7.66. The zero-order valence-corrected chi connectivity index (χ0v) is 28.6. The second kappa shape index (κ2) is 15.3. The molecule has 2 heterocycles. The number of hydrogen-bond donors (Lipinski definition) is 3. The largest absolute Gasteiger partial charge is 0.392 e. The fraction of sp³-hybridized carbons (Fsp3) is 0.500. The monoisotopic (exact) mass is 653 g/mol. The third kappa shape index (κ3) is 8.53. The minimum absolute atomic E-state index is 0.00610. The number of likely N-dealkylation sites (tertiary alicyclic amines) is 1. The van der Waals surface area contributed by atoms with Gasteiger partial charge in [0.25, 0.3) is 5.91 Å². The first-order chi connectivity index (χ1) is 23.2. The lowest BCUT2D eigenvalue weighted by atomic mass is 9.75. The summed E-state index contributed by atoms with van der Waals surface area (Å²) in [4.78, 5) is 28.8. The Morgan fingerprint density at radius 2 is 1.52 bits per heavy atom. The highest BCUT2D eigenvalue weighted by Gasteiger charge is 2.44. The van der Waals surface area contributed by atoms with Crippen LogP contribution in [0.25, 0.3) is 0 Å². The van der Waals surface area contributed by atoms with Crippen molar-refractivity contribution in [1.82, 2.24) is 15.5 Å². The van der Waals surface area contributed by atoms with E-state index in [0.29, 0.717) is 37.0 Å². The number of nitrogens with zero attached hydrogens (tertiary/aromatic N) is 1. The molecule has 1 aliphatic carbocycles. The Morgan fingerprint density at radius 1 is 0.833 bits per heavy atom. The number of amides is 2. The average molecular weight is 654 g/mol. The lowest BCUT2D eigenvalue weighted by Crippen LogP contribution is -2.61. The van der Waals surface area contributed by atoms with Gasteiger partial charge < -0.3 is 25.2 Å². The van der Waals surface area contributed by atoms with Crippen LogP contribution in [0.3, 0.4) is 0 Å². The first-order valence-electron chi connectivity index (χ1n) is 17.7. The van der Waals surface area contributed by atoms with Crippen LogP contribution in [0.5, 0.6) is 0 Å². The third-order valence-electron chi connectivity index (χ3n) is 10.1. The van der Waals surface area contributed by atoms with Gasteiger partial charge in [0, 0.05) is 42.2 Å². The van der Waals surface area contributed by atoms with Gasteiger partial charge in [0.15, 0.2) is 6.29 Å². The Hall–Kier alpha value is -3.56. The normalized spacial score (nSPS) is 26.3. The number of nitrogens with one attached hydrogen (secondary N) is 2. The highest BCUT2D eigenvalue weighted by atomic mass is 16.7. The van der Waals surface area contributed by atoms with Crippen molar-refractivity contribution in [3.05, 3.63) is 107 Å². The molecule has 6 rings (SSSR count). The predicted molar refractivity (Wildman–Crippen MR) is 186 cm³/mol. The van der Waals surface area contributed by atoms with Gasteiger partial charge in [-0.15, -0.1) is 0 Å². The van der Waals surface area contributed by atoms with Gasteiger partial charge in [-0.25, -0.2) is 0 Å². The quantitative estimate of drug-likeness (QED) is 0.241. The molecule has 3 aromatic rings. The molecule has 6 atom stereocenters. The summed E-state index contributed by atoms with van der Waals surface area (Å²) < 4.78 is 13.4. The summed E-state index contributed by atoms with van der Waals surface area (Å²) in [5.74, 6) is 0.620. The second-order valence-electron chi connectivity index (χ2n) is 14.8. The number of aliphatic hydroxyl groups excluding tert-OH is 1. The Bertz CT molecular complexity index is 1500. The Morgan fingerprint density at radius 3 is 2.23 bits per heavy atom. The van der Waals surface area contributed by atoms with Crippen molar-refractivity contribution in [2.45, 2.75) is 115 Å². The van der Waals surface area contributed by atoms with Crippen LogP contribution >= 0.6 is 0 Å². The third-order valence-corrected chi connectivity index (χ3v) is 10.1. The summed E-state index contributed by atoms with van der Waals surface area (Å²) in [6, 6.07) is 25.4. The standard InChI is InChI=1S/C40H51N3O5/c1-40(2,3)42-38(46)35-22-21-29-9-7-8-12-34(29)43(35)25-33-23-36(30-17-15-28(26-44)16-18-30)48-39(47-33)32-19-13-27(14-20-32)24-41-37(45)31-10-5-4-6-11-31/h4-6,10-11,13-20,29,33-36,39,44H,7-9,12,21-26H2,1-3H3,(H,41,45)(H,42,46). The van der Waals surface area contributed by atoms with Crippen molar-refractivity contribution >= 4 is 11.8 Å². The van der Waals surface area contributed by atoms with Crippen LogP contribution in [-0.2, 0) is 27.4 Å². The average Bonchev–Trinajstić information content (AvgIpc) is 3.10. The molecule has 48 heavy (non-hydrogen) atoms. The highest BCUT2D eigenvalue weighted by Crippen LogP contribution is 2.42. The van der Waals surface area contributed by atoms with Crippen molar-refractivity contribution in [3.8, 4) is 0 Å². The van der Waals surface area contributed by atoms with Gasteiger partial charge in [-0.3, -0.25) is 14.5 Å². The van der Waals surface area contributed by atoms with Gasteiger partial charge in [0.2, 0.25) is 5.91 Å². The van der Waals surface area contributed by atoms with Crippen molar-refractivity contribution in [3.63, 3.8) is 0 Å². The van der Waals surface area contributed by atoms with E-state index in [1.165, 1.54) is 19.3 Å². The molecule has 6 unspecified atom stereocenters. The SMILES string of the molecule is CC(C)(C)NC(=O)C1CCC2CCCCC2N1CC1CC(c2ccc(CO)cc2)OC(c2ccc(CNC(=O)c3ccccc3)cc2)O1. The highest BCUT2D eigenvalue weighted by molar-refractivity contribution is 5.94. The number of fused-ring (bicyclic) bond motifs is 1. The van der Waals surface area contributed by atoms with Crippen LogP contribution in [0.4, 0.5) is 0 Å². The van der Waals surface area contributed by atoms with Gasteiger partial charge in [-0.1, -0.05) is 79.6 Å². The number of piperidine rings is 1. The van der Waals surface area contributed by atoms with Crippen molar-refractivity contribution in [2.75, 3.05) is 6.54 Å². The van der Waals surface area contributed by atoms with Gasteiger partial charge >= 0.3 is 0 Å². The van der Waals surface area contributed by atoms with E-state index < -0.39 is 6.29 Å². The lowest BCUT2D eigenvalue weighted by molar-refractivity contribution is -0.255. The van der Waals surface area contributed by atoms with Crippen LogP contribution in [0, 0.1) is 5.92 Å². The molecule has 256 valence electrons. The van der Waals surface area contributed by atoms with Crippen LogP contribution in [0.1, 0.15) is 111 Å². The summed E-state index contributed by atoms with van der Waals surface area (Å²) in [7, 11) is 0. The van der Waals surface area contributed by atoms with E-state index in [4.69, 9.17) is 9.47 Å². The van der Waals surface area contributed by atoms with Crippen LogP contribution in [0.2, 0.25) is 0 Å². The van der Waals surface area contributed by atoms with Gasteiger partial charge in [0.1, 0.15) is 0 Å². The molecule has 0 bridgehead atoms. The number of carbonyl (C=O) groups excluding carboxylic acids is 2.